The van der Waals surface area contributed by atoms with Crippen LogP contribution >= 0.6 is 11.6 Å². The summed E-state index contributed by atoms with van der Waals surface area (Å²) in [5.41, 5.74) is 0.804. The molecule has 0 aliphatic carbocycles. The zero-order chi connectivity index (χ0) is 21.9. The van der Waals surface area contributed by atoms with Gasteiger partial charge in [-0.1, -0.05) is 23.7 Å². The molecule has 1 amide bonds. The van der Waals surface area contributed by atoms with Gasteiger partial charge in [0.2, 0.25) is 0 Å². The van der Waals surface area contributed by atoms with Crippen LogP contribution in [0.2, 0.25) is 5.02 Å². The number of carbonyl (C=O) groups is 1. The van der Waals surface area contributed by atoms with Crippen molar-refractivity contribution in [2.24, 2.45) is 0 Å². The Kier molecular flexibility index (Phi) is 6.38. The van der Waals surface area contributed by atoms with Crippen molar-refractivity contribution in [2.45, 2.75) is 11.4 Å². The Morgan fingerprint density at radius 2 is 1.70 bits per heavy atom. The van der Waals surface area contributed by atoms with Crippen LogP contribution in [0.3, 0.4) is 0 Å². The smallest absolute Gasteiger partial charge is 0.261 e. The molecule has 0 saturated heterocycles. The number of benzene rings is 3. The average Bonchev–Trinajstić information content (AvgIpc) is 2.69. The number of hydrogen-bond donors (Lipinski definition) is 1. The van der Waals surface area contributed by atoms with Crippen LogP contribution in [0.5, 0.6) is 0 Å². The van der Waals surface area contributed by atoms with Crippen molar-refractivity contribution in [1.29, 1.82) is 0 Å². The van der Waals surface area contributed by atoms with Gasteiger partial charge in [-0.15, -0.1) is 0 Å². The highest BCUT2D eigenvalue weighted by Crippen LogP contribution is 2.27. The van der Waals surface area contributed by atoms with Crippen molar-refractivity contribution in [3.63, 3.8) is 0 Å². The van der Waals surface area contributed by atoms with Crippen LogP contribution in [-0.4, -0.2) is 26.3 Å². The van der Waals surface area contributed by atoms with E-state index in [9.17, 15) is 22.0 Å². The third-order valence-electron chi connectivity index (χ3n) is 4.24. The largest absolute Gasteiger partial charge is 0.337 e. The van der Waals surface area contributed by atoms with Gasteiger partial charge >= 0.3 is 0 Å². The molecule has 0 aromatic heterocycles. The molecule has 0 saturated carbocycles. The normalized spacial score (nSPS) is 11.2. The molecule has 0 heterocycles. The first-order valence-corrected chi connectivity index (χ1v) is 10.6. The fraction of sp³-hybridized carbons (Fsp3) is 0.0952. The lowest BCUT2D eigenvalue weighted by atomic mass is 10.1. The molecule has 0 fully saturated rings. The second-order valence-corrected chi connectivity index (χ2v) is 8.63. The van der Waals surface area contributed by atoms with Crippen molar-refractivity contribution < 1.29 is 22.0 Å². The Hall–Kier alpha value is -2.97. The molecule has 0 atom stereocenters. The summed E-state index contributed by atoms with van der Waals surface area (Å²) in [5, 5.41) is 0.0880. The van der Waals surface area contributed by atoms with Gasteiger partial charge in [-0.25, -0.2) is 17.2 Å². The molecule has 156 valence electrons. The molecule has 0 aliphatic rings. The average molecular weight is 451 g/mol. The number of carbonyl (C=O) groups excluding carboxylic acids is 1. The summed E-state index contributed by atoms with van der Waals surface area (Å²) in [6.07, 6.45) is 0. The van der Waals surface area contributed by atoms with E-state index in [4.69, 9.17) is 11.6 Å². The first kappa shape index (κ1) is 21.7. The molecule has 0 aliphatic heterocycles. The molecule has 30 heavy (non-hydrogen) atoms. The van der Waals surface area contributed by atoms with E-state index < -0.39 is 27.6 Å². The van der Waals surface area contributed by atoms with Crippen LogP contribution in [-0.2, 0) is 16.6 Å². The van der Waals surface area contributed by atoms with E-state index in [0.717, 1.165) is 24.3 Å². The Morgan fingerprint density at radius 3 is 2.37 bits per heavy atom. The van der Waals surface area contributed by atoms with Gasteiger partial charge in [0, 0.05) is 19.2 Å². The summed E-state index contributed by atoms with van der Waals surface area (Å²) in [6.45, 7) is 0.163. The predicted octanol–water partition coefficient (Wildman–Crippen LogP) is 4.69. The van der Waals surface area contributed by atoms with Gasteiger partial charge < -0.3 is 4.90 Å². The minimum Gasteiger partial charge on any atom is -0.337 e. The van der Waals surface area contributed by atoms with Crippen molar-refractivity contribution in [3.05, 3.63) is 94.5 Å². The maximum absolute atomic E-state index is 13.4. The number of anilines is 1. The van der Waals surface area contributed by atoms with E-state index in [2.05, 4.69) is 4.72 Å². The number of hydrogen-bond acceptors (Lipinski definition) is 3. The molecule has 1 N–H and O–H groups in total. The van der Waals surface area contributed by atoms with E-state index in [1.54, 1.807) is 19.2 Å². The first-order chi connectivity index (χ1) is 14.2. The zero-order valence-corrected chi connectivity index (χ0v) is 17.3. The van der Waals surface area contributed by atoms with Gasteiger partial charge in [-0.05, 0) is 60.2 Å². The quantitative estimate of drug-likeness (QED) is 0.592. The first-order valence-electron chi connectivity index (χ1n) is 8.73. The summed E-state index contributed by atoms with van der Waals surface area (Å²) in [4.78, 5) is 14.0. The third-order valence-corrected chi connectivity index (χ3v) is 5.95. The monoisotopic (exact) mass is 450 g/mol. The lowest BCUT2D eigenvalue weighted by Gasteiger charge is -2.18. The van der Waals surface area contributed by atoms with Crippen molar-refractivity contribution >= 4 is 33.2 Å². The highest BCUT2D eigenvalue weighted by atomic mass is 35.5. The summed E-state index contributed by atoms with van der Waals surface area (Å²) >= 11 is 6.09. The molecule has 3 aromatic rings. The highest BCUT2D eigenvalue weighted by molar-refractivity contribution is 7.92. The summed E-state index contributed by atoms with van der Waals surface area (Å²) in [7, 11) is -2.49. The van der Waals surface area contributed by atoms with Crippen LogP contribution < -0.4 is 4.72 Å². The maximum atomic E-state index is 13.4. The van der Waals surface area contributed by atoms with E-state index in [1.807, 2.05) is 0 Å². The minimum absolute atomic E-state index is 0.00555. The fourth-order valence-corrected chi connectivity index (χ4v) is 4.05. The van der Waals surface area contributed by atoms with Gasteiger partial charge in [-0.3, -0.25) is 9.52 Å². The lowest BCUT2D eigenvalue weighted by molar-refractivity contribution is 0.0785. The Balaban J connectivity index is 1.82. The maximum Gasteiger partial charge on any atom is 0.261 e. The van der Waals surface area contributed by atoms with E-state index in [1.165, 1.54) is 35.2 Å². The van der Waals surface area contributed by atoms with Gasteiger partial charge in [-0.2, -0.15) is 0 Å². The fourth-order valence-electron chi connectivity index (χ4n) is 2.76. The van der Waals surface area contributed by atoms with E-state index >= 15 is 0 Å². The molecule has 3 aromatic carbocycles. The molecule has 0 radical (unpaired) electrons. The van der Waals surface area contributed by atoms with Crippen LogP contribution in [0.4, 0.5) is 14.5 Å². The van der Waals surface area contributed by atoms with Gasteiger partial charge in [0.05, 0.1) is 15.6 Å². The SMILES string of the molecule is CN(Cc1cccc(F)c1)C(=O)c1ccc(Cl)c(NS(=O)(=O)c2ccc(F)cc2)c1. The lowest BCUT2D eigenvalue weighted by Crippen LogP contribution is -2.26. The molecular formula is C21H17ClF2N2O3S. The molecule has 9 heteroatoms. The minimum atomic E-state index is -4.04. The number of nitrogens with one attached hydrogen (secondary N) is 1. The molecule has 0 unspecified atom stereocenters. The number of sulfonamides is 1. The highest BCUT2D eigenvalue weighted by Gasteiger charge is 2.19. The molecule has 0 bridgehead atoms. The number of rotatable bonds is 6. The Morgan fingerprint density at radius 1 is 1.00 bits per heavy atom. The number of nitrogens with zero attached hydrogens (tertiary/aromatic N) is 1. The standard InChI is InChI=1S/C21H17ClF2N2O3S/c1-26(13-14-3-2-4-17(24)11-14)21(27)15-5-10-19(22)20(12-15)25-30(28,29)18-8-6-16(23)7-9-18/h2-12,25H,13H2,1H3. The van der Waals surface area contributed by atoms with Gasteiger partial charge in [0.25, 0.3) is 15.9 Å². The van der Waals surface area contributed by atoms with Crippen LogP contribution in [0.1, 0.15) is 15.9 Å². The van der Waals surface area contributed by atoms with Crippen molar-refractivity contribution in [1.82, 2.24) is 4.90 Å². The van der Waals surface area contributed by atoms with Gasteiger partial charge in [0.15, 0.2) is 0 Å². The second kappa shape index (κ2) is 8.81. The van der Waals surface area contributed by atoms with Gasteiger partial charge in [0.1, 0.15) is 11.6 Å². The van der Waals surface area contributed by atoms with E-state index in [0.29, 0.717) is 5.56 Å². The third kappa shape index (κ3) is 5.14. The van der Waals surface area contributed by atoms with Crippen LogP contribution in [0.15, 0.2) is 71.6 Å². The van der Waals surface area contributed by atoms with Crippen molar-refractivity contribution in [3.8, 4) is 0 Å². The summed E-state index contributed by atoms with van der Waals surface area (Å²) < 4.78 is 53.8. The Bertz CT molecular complexity index is 1190. The molecule has 5 nitrogen and oxygen atoms in total. The van der Waals surface area contributed by atoms with E-state index in [-0.39, 0.29) is 27.7 Å². The Labute approximate surface area is 178 Å². The topological polar surface area (TPSA) is 66.5 Å². The number of halogens is 3. The second-order valence-electron chi connectivity index (χ2n) is 6.55. The summed E-state index contributed by atoms with van der Waals surface area (Å²) in [6, 6.07) is 14.3. The summed E-state index contributed by atoms with van der Waals surface area (Å²) in [5.74, 6) is -1.38. The molecule has 3 rings (SSSR count). The molecule has 0 spiro atoms. The van der Waals surface area contributed by atoms with Crippen LogP contribution in [0.25, 0.3) is 0 Å². The number of amides is 1. The zero-order valence-electron chi connectivity index (χ0n) is 15.8. The molecular weight excluding hydrogens is 434 g/mol. The van der Waals surface area contributed by atoms with Crippen LogP contribution in [0, 0.1) is 11.6 Å². The predicted molar refractivity (Wildman–Crippen MR) is 111 cm³/mol. The van der Waals surface area contributed by atoms with Crippen molar-refractivity contribution in [2.75, 3.05) is 11.8 Å².